The average Bonchev–Trinajstić information content (AvgIpc) is 2.98. The second kappa shape index (κ2) is 8.77. The van der Waals surface area contributed by atoms with E-state index in [2.05, 4.69) is 31.8 Å². The maximum absolute atomic E-state index is 5.36. The molecule has 1 heterocycles. The lowest BCUT2D eigenvalue weighted by Gasteiger charge is -2.12. The Bertz CT molecular complexity index is 639. The highest BCUT2D eigenvalue weighted by Crippen LogP contribution is 2.17. The summed E-state index contributed by atoms with van der Waals surface area (Å²) in [5.41, 5.74) is 1.16. The monoisotopic (exact) mass is 317 g/mol. The molecule has 0 spiro atoms. The van der Waals surface area contributed by atoms with E-state index in [1.165, 1.54) is 0 Å². The van der Waals surface area contributed by atoms with Crippen molar-refractivity contribution < 1.29 is 9.26 Å². The molecule has 23 heavy (non-hydrogen) atoms. The third kappa shape index (κ3) is 5.28. The van der Waals surface area contributed by atoms with Crippen LogP contribution in [-0.4, -0.2) is 36.3 Å². The molecule has 0 atom stereocenters. The van der Waals surface area contributed by atoms with Crippen LogP contribution in [0.4, 0.5) is 0 Å². The predicted molar refractivity (Wildman–Crippen MR) is 88.6 cm³/mol. The SMILES string of the molecule is CCNC(=NCc1noc(C)n1)NCCc1ccccc1OC. The van der Waals surface area contributed by atoms with Crippen molar-refractivity contribution >= 4 is 5.96 Å². The molecule has 0 aliphatic rings. The van der Waals surface area contributed by atoms with Crippen LogP contribution in [0.15, 0.2) is 33.8 Å². The Labute approximate surface area is 136 Å². The number of para-hydroxylation sites is 1. The van der Waals surface area contributed by atoms with Crippen molar-refractivity contribution in [3.8, 4) is 5.75 Å². The summed E-state index contributed by atoms with van der Waals surface area (Å²) >= 11 is 0. The van der Waals surface area contributed by atoms with Gasteiger partial charge in [-0.3, -0.25) is 0 Å². The zero-order chi connectivity index (χ0) is 16.5. The van der Waals surface area contributed by atoms with Crippen molar-refractivity contribution in [3.63, 3.8) is 0 Å². The van der Waals surface area contributed by atoms with E-state index in [0.29, 0.717) is 18.3 Å². The van der Waals surface area contributed by atoms with Crippen LogP contribution in [0, 0.1) is 6.92 Å². The summed E-state index contributed by atoms with van der Waals surface area (Å²) in [6, 6.07) is 8.00. The molecule has 2 N–H and O–H groups in total. The van der Waals surface area contributed by atoms with Gasteiger partial charge < -0.3 is 19.9 Å². The van der Waals surface area contributed by atoms with Crippen LogP contribution in [0.2, 0.25) is 0 Å². The van der Waals surface area contributed by atoms with Gasteiger partial charge in [0.2, 0.25) is 5.89 Å². The van der Waals surface area contributed by atoms with Crippen LogP contribution >= 0.6 is 0 Å². The summed E-state index contributed by atoms with van der Waals surface area (Å²) in [6.45, 7) is 5.69. The number of nitrogens with zero attached hydrogens (tertiary/aromatic N) is 3. The standard InChI is InChI=1S/C16H23N5O2/c1-4-17-16(19-11-15-20-12(2)23-21-15)18-10-9-13-7-5-6-8-14(13)22-3/h5-8H,4,9-11H2,1-3H3,(H2,17,18,19). The molecule has 0 fully saturated rings. The van der Waals surface area contributed by atoms with E-state index < -0.39 is 0 Å². The molecule has 7 heteroatoms. The van der Waals surface area contributed by atoms with Crippen LogP contribution in [0.3, 0.4) is 0 Å². The Morgan fingerprint density at radius 2 is 2.13 bits per heavy atom. The summed E-state index contributed by atoms with van der Waals surface area (Å²) in [4.78, 5) is 8.59. The molecule has 1 aromatic carbocycles. The van der Waals surface area contributed by atoms with E-state index in [-0.39, 0.29) is 0 Å². The first-order valence-corrected chi connectivity index (χ1v) is 7.66. The first-order chi connectivity index (χ1) is 11.2. The number of hydrogen-bond donors (Lipinski definition) is 2. The lowest BCUT2D eigenvalue weighted by atomic mass is 10.1. The van der Waals surface area contributed by atoms with Crippen molar-refractivity contribution in [2.45, 2.75) is 26.8 Å². The maximum atomic E-state index is 5.36. The highest BCUT2D eigenvalue weighted by molar-refractivity contribution is 5.79. The largest absolute Gasteiger partial charge is 0.496 e. The van der Waals surface area contributed by atoms with Gasteiger partial charge in [-0.05, 0) is 25.0 Å². The van der Waals surface area contributed by atoms with Gasteiger partial charge in [0.15, 0.2) is 11.8 Å². The second-order valence-corrected chi connectivity index (χ2v) is 4.91. The lowest BCUT2D eigenvalue weighted by molar-refractivity contribution is 0.387. The second-order valence-electron chi connectivity index (χ2n) is 4.91. The fourth-order valence-electron chi connectivity index (χ4n) is 2.12. The molecule has 1 aromatic heterocycles. The van der Waals surface area contributed by atoms with Gasteiger partial charge in [-0.15, -0.1) is 0 Å². The number of benzene rings is 1. The molecule has 0 aliphatic carbocycles. The Balaban J connectivity index is 1.89. The normalized spacial score (nSPS) is 11.3. The molecule has 0 bridgehead atoms. The topological polar surface area (TPSA) is 84.6 Å². The Morgan fingerprint density at radius 3 is 2.83 bits per heavy atom. The van der Waals surface area contributed by atoms with E-state index in [1.807, 2.05) is 25.1 Å². The van der Waals surface area contributed by atoms with Gasteiger partial charge in [0.05, 0.1) is 7.11 Å². The summed E-state index contributed by atoms with van der Waals surface area (Å²) < 4.78 is 10.3. The molecule has 0 unspecified atom stereocenters. The third-order valence-electron chi connectivity index (χ3n) is 3.17. The van der Waals surface area contributed by atoms with E-state index in [1.54, 1.807) is 14.0 Å². The van der Waals surface area contributed by atoms with Crippen molar-refractivity contribution in [3.05, 3.63) is 41.5 Å². The highest BCUT2D eigenvalue weighted by atomic mass is 16.5. The Kier molecular flexibility index (Phi) is 6.40. The van der Waals surface area contributed by atoms with Gasteiger partial charge in [-0.2, -0.15) is 4.98 Å². The smallest absolute Gasteiger partial charge is 0.223 e. The molecule has 2 rings (SSSR count). The van der Waals surface area contributed by atoms with Crippen LogP contribution in [0.1, 0.15) is 24.2 Å². The van der Waals surface area contributed by atoms with E-state index >= 15 is 0 Å². The summed E-state index contributed by atoms with van der Waals surface area (Å²) in [5, 5.41) is 10.3. The molecular formula is C16H23N5O2. The van der Waals surface area contributed by atoms with Crippen molar-refractivity contribution in [1.82, 2.24) is 20.8 Å². The van der Waals surface area contributed by atoms with Crippen LogP contribution in [0.5, 0.6) is 5.75 Å². The lowest BCUT2D eigenvalue weighted by Crippen LogP contribution is -2.38. The van der Waals surface area contributed by atoms with Crippen molar-refractivity contribution in [2.24, 2.45) is 4.99 Å². The number of aryl methyl sites for hydroxylation is 1. The summed E-state index contributed by atoms with van der Waals surface area (Å²) in [7, 11) is 1.69. The van der Waals surface area contributed by atoms with Gasteiger partial charge in [0, 0.05) is 20.0 Å². The average molecular weight is 317 g/mol. The van der Waals surface area contributed by atoms with E-state index in [4.69, 9.17) is 9.26 Å². The fourth-order valence-corrected chi connectivity index (χ4v) is 2.12. The quantitative estimate of drug-likeness (QED) is 0.597. The maximum Gasteiger partial charge on any atom is 0.223 e. The highest BCUT2D eigenvalue weighted by Gasteiger charge is 2.04. The minimum absolute atomic E-state index is 0.376. The molecule has 7 nitrogen and oxygen atoms in total. The van der Waals surface area contributed by atoms with Gasteiger partial charge >= 0.3 is 0 Å². The van der Waals surface area contributed by atoms with Crippen LogP contribution in [0.25, 0.3) is 0 Å². The van der Waals surface area contributed by atoms with Crippen LogP contribution in [-0.2, 0) is 13.0 Å². The molecule has 2 aromatic rings. The first-order valence-electron chi connectivity index (χ1n) is 7.66. The van der Waals surface area contributed by atoms with E-state index in [0.717, 1.165) is 36.8 Å². The van der Waals surface area contributed by atoms with Crippen molar-refractivity contribution in [1.29, 1.82) is 0 Å². The number of rotatable bonds is 7. The summed E-state index contributed by atoms with van der Waals surface area (Å²) in [5.74, 6) is 2.75. The molecule has 0 amide bonds. The number of hydrogen-bond acceptors (Lipinski definition) is 5. The summed E-state index contributed by atoms with van der Waals surface area (Å²) in [6.07, 6.45) is 0.843. The minimum Gasteiger partial charge on any atom is -0.496 e. The molecule has 0 saturated carbocycles. The Hall–Kier alpha value is -2.57. The number of aromatic nitrogens is 2. The first kappa shape index (κ1) is 16.8. The number of ether oxygens (including phenoxy) is 1. The zero-order valence-corrected chi connectivity index (χ0v) is 13.8. The predicted octanol–water partition coefficient (Wildman–Crippen LogP) is 1.68. The molecule has 124 valence electrons. The van der Waals surface area contributed by atoms with Gasteiger partial charge in [-0.1, -0.05) is 23.4 Å². The molecule has 0 aliphatic heterocycles. The molecule has 0 radical (unpaired) electrons. The fraction of sp³-hybridized carbons (Fsp3) is 0.438. The van der Waals surface area contributed by atoms with Gasteiger partial charge in [0.25, 0.3) is 0 Å². The molecular weight excluding hydrogens is 294 g/mol. The number of aliphatic imine (C=N–C) groups is 1. The number of methoxy groups -OCH3 is 1. The van der Waals surface area contributed by atoms with Crippen LogP contribution < -0.4 is 15.4 Å². The zero-order valence-electron chi connectivity index (χ0n) is 13.8. The minimum atomic E-state index is 0.376. The number of nitrogens with one attached hydrogen (secondary N) is 2. The van der Waals surface area contributed by atoms with Gasteiger partial charge in [0.1, 0.15) is 12.3 Å². The van der Waals surface area contributed by atoms with Crippen molar-refractivity contribution in [2.75, 3.05) is 20.2 Å². The van der Waals surface area contributed by atoms with E-state index in [9.17, 15) is 0 Å². The Morgan fingerprint density at radius 1 is 1.30 bits per heavy atom. The molecule has 0 saturated heterocycles. The van der Waals surface area contributed by atoms with Gasteiger partial charge in [-0.25, -0.2) is 4.99 Å². The number of guanidine groups is 1. The third-order valence-corrected chi connectivity index (χ3v) is 3.17.